The zero-order chi connectivity index (χ0) is 27.1. The molecule has 202 valence electrons. The largest absolute Gasteiger partial charge is 0.454 e. The molecule has 0 radical (unpaired) electrons. The molecule has 0 N–H and O–H groups in total. The first-order chi connectivity index (χ1) is 19.7. The number of rotatable bonds is 6. The summed E-state index contributed by atoms with van der Waals surface area (Å²) in [6, 6.07) is 17.7. The van der Waals surface area contributed by atoms with Gasteiger partial charge in [-0.2, -0.15) is 14.6 Å². The Bertz CT molecular complexity index is 1690. The third kappa shape index (κ3) is 4.19. The van der Waals surface area contributed by atoms with Crippen molar-refractivity contribution in [2.45, 2.75) is 19.8 Å². The summed E-state index contributed by atoms with van der Waals surface area (Å²) >= 11 is 0. The van der Waals surface area contributed by atoms with Gasteiger partial charge in [-0.05, 0) is 42.8 Å². The molecule has 11 nitrogen and oxygen atoms in total. The van der Waals surface area contributed by atoms with Crippen LogP contribution in [0.15, 0.2) is 67.0 Å². The highest BCUT2D eigenvalue weighted by atomic mass is 16.7. The molecule has 0 bridgehead atoms. The van der Waals surface area contributed by atoms with Gasteiger partial charge in [-0.25, -0.2) is 9.67 Å². The standard InChI is InChI=1S/C29H28N8O3/c1-2-6-24-22(18-31-36(24)21-7-4-3-5-8-21)27(38)34-13-15-35(16-14-34)29-32-28-30-12-11-23(37(28)33-29)20-9-10-25-26(17-20)40-19-39-25/h3-5,7-12,17-18H,2,6,13-16,19H2,1H3. The van der Waals surface area contributed by atoms with Crippen LogP contribution in [0.3, 0.4) is 0 Å². The Kier molecular flexibility index (Phi) is 6.03. The molecule has 1 fully saturated rings. The van der Waals surface area contributed by atoms with Crippen LogP contribution >= 0.6 is 0 Å². The smallest absolute Gasteiger partial charge is 0.257 e. The quantitative estimate of drug-likeness (QED) is 0.324. The van der Waals surface area contributed by atoms with Crippen molar-refractivity contribution in [1.29, 1.82) is 0 Å². The van der Waals surface area contributed by atoms with E-state index >= 15 is 0 Å². The number of benzene rings is 2. The third-order valence-corrected chi connectivity index (χ3v) is 7.33. The Labute approximate surface area is 230 Å². The maximum atomic E-state index is 13.6. The van der Waals surface area contributed by atoms with Crippen molar-refractivity contribution < 1.29 is 14.3 Å². The molecule has 2 aromatic carbocycles. The van der Waals surface area contributed by atoms with Crippen LogP contribution in [-0.2, 0) is 6.42 Å². The van der Waals surface area contributed by atoms with Gasteiger partial charge in [0.15, 0.2) is 11.5 Å². The zero-order valence-electron chi connectivity index (χ0n) is 22.1. The van der Waals surface area contributed by atoms with Crippen LogP contribution in [0.4, 0.5) is 5.95 Å². The molecule has 0 spiro atoms. The highest BCUT2D eigenvalue weighted by Crippen LogP contribution is 2.36. The SMILES string of the molecule is CCCc1c(C(=O)N2CCN(c3nc4nccc(-c5ccc6c(c5)OCO6)n4n3)CC2)cnn1-c1ccccc1. The number of piperazine rings is 1. The third-order valence-electron chi connectivity index (χ3n) is 7.33. The molecule has 1 saturated heterocycles. The Balaban J connectivity index is 1.09. The number of carbonyl (C=O) groups excluding carboxylic acids is 1. The van der Waals surface area contributed by atoms with Gasteiger partial charge < -0.3 is 19.3 Å². The lowest BCUT2D eigenvalue weighted by molar-refractivity contribution is 0.0745. The van der Waals surface area contributed by atoms with Crippen LogP contribution in [0.25, 0.3) is 22.7 Å². The Morgan fingerprint density at radius 2 is 1.80 bits per heavy atom. The van der Waals surface area contributed by atoms with Gasteiger partial charge in [0.05, 0.1) is 28.8 Å². The summed E-state index contributed by atoms with van der Waals surface area (Å²) in [5.74, 6) is 2.56. The van der Waals surface area contributed by atoms with E-state index in [-0.39, 0.29) is 12.7 Å². The van der Waals surface area contributed by atoms with Gasteiger partial charge in [0.2, 0.25) is 12.7 Å². The molecule has 5 aromatic rings. The summed E-state index contributed by atoms with van der Waals surface area (Å²) < 4.78 is 14.6. The number of para-hydroxylation sites is 1. The number of ether oxygens (including phenoxy) is 2. The molecule has 40 heavy (non-hydrogen) atoms. The lowest BCUT2D eigenvalue weighted by atomic mass is 10.1. The first-order valence-corrected chi connectivity index (χ1v) is 13.5. The molecule has 0 unspecified atom stereocenters. The molecular weight excluding hydrogens is 508 g/mol. The number of fused-ring (bicyclic) bond motifs is 2. The van der Waals surface area contributed by atoms with Gasteiger partial charge in [-0.3, -0.25) is 4.79 Å². The van der Waals surface area contributed by atoms with Crippen molar-refractivity contribution in [2.24, 2.45) is 0 Å². The van der Waals surface area contributed by atoms with Crippen molar-refractivity contribution >= 4 is 17.6 Å². The topological polar surface area (TPSA) is 103 Å². The predicted molar refractivity (Wildman–Crippen MR) is 148 cm³/mol. The predicted octanol–water partition coefficient (Wildman–Crippen LogP) is 3.62. The van der Waals surface area contributed by atoms with E-state index in [0.29, 0.717) is 49.2 Å². The van der Waals surface area contributed by atoms with Crippen LogP contribution in [0.2, 0.25) is 0 Å². The molecule has 0 saturated carbocycles. The normalized spacial score (nSPS) is 14.7. The summed E-state index contributed by atoms with van der Waals surface area (Å²) in [6.45, 7) is 4.72. The van der Waals surface area contributed by atoms with Gasteiger partial charge >= 0.3 is 0 Å². The minimum absolute atomic E-state index is 0.0139. The van der Waals surface area contributed by atoms with Gasteiger partial charge in [0.25, 0.3) is 11.7 Å². The number of hydrogen-bond acceptors (Lipinski definition) is 8. The molecule has 2 aliphatic heterocycles. The van der Waals surface area contributed by atoms with Crippen LogP contribution in [-0.4, -0.2) is 73.1 Å². The first-order valence-electron chi connectivity index (χ1n) is 13.5. The number of anilines is 1. The summed E-state index contributed by atoms with van der Waals surface area (Å²) in [7, 11) is 0. The van der Waals surface area contributed by atoms with Crippen LogP contribution < -0.4 is 14.4 Å². The van der Waals surface area contributed by atoms with E-state index in [1.807, 2.05) is 64.2 Å². The Morgan fingerprint density at radius 3 is 2.62 bits per heavy atom. The molecular formula is C29H28N8O3. The number of amides is 1. The average Bonchev–Trinajstić information content (AvgIpc) is 3.75. The van der Waals surface area contributed by atoms with E-state index in [2.05, 4.69) is 21.9 Å². The fraction of sp³-hybridized carbons (Fsp3) is 0.276. The number of aromatic nitrogens is 6. The molecule has 0 atom stereocenters. The fourth-order valence-corrected chi connectivity index (χ4v) is 5.29. The monoisotopic (exact) mass is 536 g/mol. The van der Waals surface area contributed by atoms with Crippen LogP contribution in [0.1, 0.15) is 29.4 Å². The second kappa shape index (κ2) is 9.99. The number of nitrogens with zero attached hydrogens (tertiary/aromatic N) is 8. The minimum Gasteiger partial charge on any atom is -0.454 e. The van der Waals surface area contributed by atoms with Crippen molar-refractivity contribution in [3.05, 3.63) is 78.2 Å². The lowest BCUT2D eigenvalue weighted by Crippen LogP contribution is -2.49. The van der Waals surface area contributed by atoms with Gasteiger partial charge in [0, 0.05) is 37.9 Å². The Morgan fingerprint density at radius 1 is 0.975 bits per heavy atom. The average molecular weight is 537 g/mol. The Hall–Kier alpha value is -4.93. The molecule has 3 aromatic heterocycles. The summed E-state index contributed by atoms with van der Waals surface area (Å²) in [5, 5.41) is 9.36. The molecule has 0 aliphatic carbocycles. The summed E-state index contributed by atoms with van der Waals surface area (Å²) in [4.78, 5) is 26.7. The highest BCUT2D eigenvalue weighted by molar-refractivity contribution is 5.95. The van der Waals surface area contributed by atoms with E-state index in [1.54, 1.807) is 16.9 Å². The molecule has 5 heterocycles. The van der Waals surface area contributed by atoms with Crippen LogP contribution in [0.5, 0.6) is 11.5 Å². The van der Waals surface area contributed by atoms with Crippen molar-refractivity contribution in [2.75, 3.05) is 37.9 Å². The maximum absolute atomic E-state index is 13.6. The maximum Gasteiger partial charge on any atom is 0.257 e. The van der Waals surface area contributed by atoms with Crippen molar-refractivity contribution in [3.8, 4) is 28.4 Å². The lowest BCUT2D eigenvalue weighted by Gasteiger charge is -2.34. The molecule has 1 amide bonds. The first kappa shape index (κ1) is 24.1. The van der Waals surface area contributed by atoms with E-state index in [9.17, 15) is 4.79 Å². The van der Waals surface area contributed by atoms with E-state index < -0.39 is 0 Å². The van der Waals surface area contributed by atoms with E-state index in [4.69, 9.17) is 19.6 Å². The fourth-order valence-electron chi connectivity index (χ4n) is 5.29. The van der Waals surface area contributed by atoms with Crippen molar-refractivity contribution in [3.63, 3.8) is 0 Å². The highest BCUT2D eigenvalue weighted by Gasteiger charge is 2.28. The van der Waals surface area contributed by atoms with Gasteiger partial charge in [-0.15, -0.1) is 5.10 Å². The van der Waals surface area contributed by atoms with Gasteiger partial charge in [0.1, 0.15) is 0 Å². The zero-order valence-corrected chi connectivity index (χ0v) is 22.1. The summed E-state index contributed by atoms with van der Waals surface area (Å²) in [6.07, 6.45) is 5.14. The molecule has 2 aliphatic rings. The van der Waals surface area contributed by atoms with Crippen molar-refractivity contribution in [1.82, 2.24) is 34.3 Å². The second-order valence-electron chi connectivity index (χ2n) is 9.80. The van der Waals surface area contributed by atoms with E-state index in [1.165, 1.54) is 0 Å². The molecule has 7 rings (SSSR count). The minimum atomic E-state index is 0.0139. The number of carbonyl (C=O) groups is 1. The second-order valence-corrected chi connectivity index (χ2v) is 9.80. The van der Waals surface area contributed by atoms with Gasteiger partial charge in [-0.1, -0.05) is 31.5 Å². The summed E-state index contributed by atoms with van der Waals surface area (Å²) in [5.41, 5.74) is 4.37. The molecule has 11 heteroatoms. The van der Waals surface area contributed by atoms with E-state index in [0.717, 1.165) is 41.2 Å². The van der Waals surface area contributed by atoms with Crippen LogP contribution in [0, 0.1) is 0 Å². The number of hydrogen-bond donors (Lipinski definition) is 0.